The Labute approximate surface area is 129 Å². The fourth-order valence-electron chi connectivity index (χ4n) is 2.53. The number of aliphatic carboxylic acids is 1. The van der Waals surface area contributed by atoms with E-state index in [0.29, 0.717) is 12.1 Å². The van der Waals surface area contributed by atoms with Crippen LogP contribution in [-0.4, -0.2) is 15.6 Å². The van der Waals surface area contributed by atoms with E-state index in [-0.39, 0.29) is 5.56 Å². The summed E-state index contributed by atoms with van der Waals surface area (Å²) in [6.07, 6.45) is 2.32. The average Bonchev–Trinajstić information content (AvgIpc) is 2.46. The third kappa shape index (κ3) is 3.17. The van der Waals surface area contributed by atoms with Crippen LogP contribution >= 0.6 is 0 Å². The zero-order valence-electron chi connectivity index (χ0n) is 13.0. The number of carboxylic acid groups (broad SMARTS) is 1. The predicted octanol–water partition coefficient (Wildman–Crippen LogP) is 3.25. The summed E-state index contributed by atoms with van der Waals surface area (Å²) in [6, 6.07) is 9.65. The van der Waals surface area contributed by atoms with Crippen LogP contribution in [0.15, 0.2) is 41.2 Å². The van der Waals surface area contributed by atoms with Gasteiger partial charge in [-0.2, -0.15) is 0 Å². The van der Waals surface area contributed by atoms with Crippen LogP contribution in [0.3, 0.4) is 0 Å². The molecule has 0 spiro atoms. The summed E-state index contributed by atoms with van der Waals surface area (Å²) in [5.74, 6) is -1.07. The quantitative estimate of drug-likeness (QED) is 0.881. The first kappa shape index (κ1) is 15.8. The first-order valence-corrected chi connectivity index (χ1v) is 7.16. The van der Waals surface area contributed by atoms with Crippen molar-refractivity contribution >= 4 is 12.0 Å². The summed E-state index contributed by atoms with van der Waals surface area (Å²) in [7, 11) is 0. The van der Waals surface area contributed by atoms with Crippen molar-refractivity contribution < 1.29 is 9.90 Å². The highest BCUT2D eigenvalue weighted by Gasteiger charge is 2.10. The molecule has 4 heteroatoms. The minimum atomic E-state index is -1.07. The molecule has 1 aromatic heterocycles. The Balaban J connectivity index is 2.61. The third-order valence-electron chi connectivity index (χ3n) is 3.58. The van der Waals surface area contributed by atoms with E-state index in [9.17, 15) is 9.59 Å². The molecule has 2 rings (SSSR count). The van der Waals surface area contributed by atoms with Crippen molar-refractivity contribution in [3.8, 4) is 11.3 Å². The molecule has 1 heterocycles. The summed E-state index contributed by atoms with van der Waals surface area (Å²) in [5, 5.41) is 8.69. The minimum Gasteiger partial charge on any atom is -0.478 e. The van der Waals surface area contributed by atoms with E-state index >= 15 is 0 Å². The first-order chi connectivity index (χ1) is 10.4. The van der Waals surface area contributed by atoms with Gasteiger partial charge in [0.25, 0.3) is 5.56 Å². The molecule has 0 radical (unpaired) electrons. The van der Waals surface area contributed by atoms with Gasteiger partial charge < -0.3 is 9.67 Å². The van der Waals surface area contributed by atoms with Gasteiger partial charge >= 0.3 is 5.97 Å². The lowest BCUT2D eigenvalue weighted by Crippen LogP contribution is -2.23. The number of carbonyl (C=O) groups is 1. The van der Waals surface area contributed by atoms with Crippen molar-refractivity contribution in [2.75, 3.05) is 0 Å². The molecule has 0 saturated carbocycles. The number of pyridine rings is 1. The lowest BCUT2D eigenvalue weighted by molar-refractivity contribution is -0.131. The molecule has 22 heavy (non-hydrogen) atoms. The normalized spacial score (nSPS) is 11.0. The fourth-order valence-corrected chi connectivity index (χ4v) is 2.53. The second-order valence-corrected chi connectivity index (χ2v) is 5.21. The van der Waals surface area contributed by atoms with Crippen LogP contribution in [0.4, 0.5) is 0 Å². The van der Waals surface area contributed by atoms with Gasteiger partial charge in [-0.1, -0.05) is 23.8 Å². The molecular formula is C18H19NO3. The Morgan fingerprint density at radius 3 is 2.55 bits per heavy atom. The van der Waals surface area contributed by atoms with Crippen molar-refractivity contribution in [2.24, 2.45) is 0 Å². The van der Waals surface area contributed by atoms with Crippen molar-refractivity contribution in [3.05, 3.63) is 63.5 Å². The molecule has 0 bridgehead atoms. The molecule has 0 aliphatic rings. The van der Waals surface area contributed by atoms with Gasteiger partial charge in [0.2, 0.25) is 0 Å². The van der Waals surface area contributed by atoms with Crippen LogP contribution in [-0.2, 0) is 11.3 Å². The zero-order valence-corrected chi connectivity index (χ0v) is 13.0. The van der Waals surface area contributed by atoms with Crippen LogP contribution in [0.2, 0.25) is 0 Å². The number of hydrogen-bond acceptors (Lipinski definition) is 2. The standard InChI is InChI=1S/C18H19NO3/c1-4-19-16(15-8-5-12(2)11-13(15)3)9-6-14(18(19)22)7-10-17(20)21/h5-11H,4H2,1-3H3,(H,20,21)/b10-7+. The van der Waals surface area contributed by atoms with E-state index in [0.717, 1.165) is 22.9 Å². The Bertz CT molecular complexity index is 800. The maximum atomic E-state index is 12.5. The van der Waals surface area contributed by atoms with Gasteiger partial charge in [-0.05, 0) is 44.5 Å². The molecule has 0 fully saturated rings. The summed E-state index contributed by atoms with van der Waals surface area (Å²) in [6.45, 7) is 6.48. The average molecular weight is 297 g/mol. The fraction of sp³-hybridized carbons (Fsp3) is 0.222. The van der Waals surface area contributed by atoms with Crippen LogP contribution in [0.5, 0.6) is 0 Å². The lowest BCUT2D eigenvalue weighted by Gasteiger charge is -2.14. The molecule has 0 unspecified atom stereocenters. The smallest absolute Gasteiger partial charge is 0.328 e. The zero-order chi connectivity index (χ0) is 16.3. The molecule has 4 nitrogen and oxygen atoms in total. The van der Waals surface area contributed by atoms with Gasteiger partial charge in [0.05, 0.1) is 5.69 Å². The molecule has 114 valence electrons. The third-order valence-corrected chi connectivity index (χ3v) is 3.58. The van der Waals surface area contributed by atoms with Crippen LogP contribution < -0.4 is 5.56 Å². The number of hydrogen-bond donors (Lipinski definition) is 1. The summed E-state index contributed by atoms with van der Waals surface area (Å²) in [4.78, 5) is 23.1. The monoisotopic (exact) mass is 297 g/mol. The SMILES string of the molecule is CCn1c(-c2ccc(C)cc2C)ccc(/C=C/C(=O)O)c1=O. The van der Waals surface area contributed by atoms with Crippen LogP contribution in [0, 0.1) is 13.8 Å². The van der Waals surface area contributed by atoms with Gasteiger partial charge in [0.1, 0.15) is 0 Å². The van der Waals surface area contributed by atoms with Crippen LogP contribution in [0.25, 0.3) is 17.3 Å². The number of aryl methyl sites for hydroxylation is 2. The number of nitrogens with zero attached hydrogens (tertiary/aromatic N) is 1. The Morgan fingerprint density at radius 2 is 1.95 bits per heavy atom. The van der Waals surface area contributed by atoms with Gasteiger partial charge in [-0.15, -0.1) is 0 Å². The maximum absolute atomic E-state index is 12.5. The van der Waals surface area contributed by atoms with Gasteiger partial charge in [0, 0.05) is 23.7 Å². The van der Waals surface area contributed by atoms with Crippen molar-refractivity contribution in [3.63, 3.8) is 0 Å². The summed E-state index contributed by atoms with van der Waals surface area (Å²) >= 11 is 0. The molecule has 2 aromatic rings. The molecule has 0 saturated heterocycles. The van der Waals surface area contributed by atoms with E-state index in [1.54, 1.807) is 10.6 Å². The largest absolute Gasteiger partial charge is 0.478 e. The highest BCUT2D eigenvalue weighted by molar-refractivity contribution is 5.85. The molecule has 0 aliphatic heterocycles. The van der Waals surface area contributed by atoms with Crippen molar-refractivity contribution in [2.45, 2.75) is 27.3 Å². The van der Waals surface area contributed by atoms with E-state index in [1.165, 1.54) is 11.6 Å². The number of benzene rings is 1. The lowest BCUT2D eigenvalue weighted by atomic mass is 10.0. The Morgan fingerprint density at radius 1 is 1.23 bits per heavy atom. The van der Waals surface area contributed by atoms with E-state index in [2.05, 4.69) is 6.07 Å². The molecule has 0 atom stereocenters. The van der Waals surface area contributed by atoms with Gasteiger partial charge in [-0.3, -0.25) is 4.79 Å². The van der Waals surface area contributed by atoms with Crippen molar-refractivity contribution in [1.29, 1.82) is 0 Å². The molecule has 0 amide bonds. The maximum Gasteiger partial charge on any atom is 0.328 e. The predicted molar refractivity (Wildman–Crippen MR) is 88.0 cm³/mol. The Hall–Kier alpha value is -2.62. The van der Waals surface area contributed by atoms with Gasteiger partial charge in [0.15, 0.2) is 0 Å². The Kier molecular flexibility index (Phi) is 4.61. The van der Waals surface area contributed by atoms with E-state index in [4.69, 9.17) is 5.11 Å². The molecule has 1 aromatic carbocycles. The summed E-state index contributed by atoms with van der Waals surface area (Å²) < 4.78 is 1.67. The molecule has 0 aliphatic carbocycles. The summed E-state index contributed by atoms with van der Waals surface area (Å²) in [5.41, 5.74) is 4.33. The van der Waals surface area contributed by atoms with Gasteiger partial charge in [-0.25, -0.2) is 4.79 Å². The highest BCUT2D eigenvalue weighted by atomic mass is 16.4. The number of carboxylic acids is 1. The topological polar surface area (TPSA) is 59.3 Å². The molecular weight excluding hydrogens is 278 g/mol. The van der Waals surface area contributed by atoms with Crippen LogP contribution in [0.1, 0.15) is 23.6 Å². The first-order valence-electron chi connectivity index (χ1n) is 7.16. The van der Waals surface area contributed by atoms with E-state index < -0.39 is 5.97 Å². The second kappa shape index (κ2) is 6.43. The number of aromatic nitrogens is 1. The second-order valence-electron chi connectivity index (χ2n) is 5.21. The number of rotatable bonds is 4. The highest BCUT2D eigenvalue weighted by Crippen LogP contribution is 2.23. The van der Waals surface area contributed by atoms with E-state index in [1.807, 2.05) is 39.0 Å². The van der Waals surface area contributed by atoms with Crippen molar-refractivity contribution in [1.82, 2.24) is 4.57 Å². The molecule has 1 N–H and O–H groups in total. The minimum absolute atomic E-state index is 0.183.